The summed E-state index contributed by atoms with van der Waals surface area (Å²) in [7, 11) is 0. The summed E-state index contributed by atoms with van der Waals surface area (Å²) in [6, 6.07) is 0. The zero-order valence-corrected chi connectivity index (χ0v) is 14.7. The lowest BCUT2D eigenvalue weighted by Gasteiger charge is -2.07. The van der Waals surface area contributed by atoms with E-state index in [0.717, 1.165) is 72.0 Å². The maximum absolute atomic E-state index is 4.74. The predicted molar refractivity (Wildman–Crippen MR) is 97.2 cm³/mol. The van der Waals surface area contributed by atoms with Gasteiger partial charge in [0.05, 0.1) is 35.5 Å². The Hall–Kier alpha value is -2.37. The molecule has 4 rings (SSSR count). The third-order valence-corrected chi connectivity index (χ3v) is 4.58. The minimum Gasteiger partial charge on any atom is -0.329 e. The summed E-state index contributed by atoms with van der Waals surface area (Å²) in [5.41, 5.74) is 6.52. The monoisotopic (exact) mass is 324 g/mol. The van der Waals surface area contributed by atoms with Crippen LogP contribution < -0.4 is 0 Å². The molecule has 0 aliphatic carbocycles. The fourth-order valence-electron chi connectivity index (χ4n) is 3.64. The fourth-order valence-corrected chi connectivity index (χ4v) is 3.64. The van der Waals surface area contributed by atoms with Gasteiger partial charge in [0.1, 0.15) is 16.6 Å². The molecule has 3 aromatic heterocycles. The second-order valence-corrected chi connectivity index (χ2v) is 6.41. The molecule has 0 N–H and O–H groups in total. The van der Waals surface area contributed by atoms with E-state index in [1.807, 2.05) is 19.0 Å². The summed E-state index contributed by atoms with van der Waals surface area (Å²) in [4.78, 5) is 14.2. The summed E-state index contributed by atoms with van der Waals surface area (Å²) < 4.78 is 6.72. The van der Waals surface area contributed by atoms with E-state index in [0.29, 0.717) is 0 Å². The van der Waals surface area contributed by atoms with E-state index in [-0.39, 0.29) is 0 Å². The first-order chi connectivity index (χ1) is 11.8. The first-order valence-corrected chi connectivity index (χ1v) is 8.96. The number of nitrogens with zero attached hydrogens (tertiary/aromatic N) is 6. The highest BCUT2D eigenvalue weighted by molar-refractivity contribution is 6.19. The van der Waals surface area contributed by atoms with Crippen LogP contribution in [0.15, 0.2) is 19.0 Å². The number of aryl methyl sites for hydroxylation is 3. The molecule has 0 fully saturated rings. The summed E-state index contributed by atoms with van der Waals surface area (Å²) in [5.74, 6) is 0. The van der Waals surface area contributed by atoms with E-state index in [2.05, 4.69) is 34.5 Å². The Morgan fingerprint density at radius 2 is 0.875 bits per heavy atom. The molecule has 6 heteroatoms. The van der Waals surface area contributed by atoms with E-state index in [1.165, 1.54) is 0 Å². The van der Waals surface area contributed by atoms with Crippen molar-refractivity contribution in [2.24, 2.45) is 0 Å². The van der Waals surface area contributed by atoms with Crippen molar-refractivity contribution in [3.8, 4) is 0 Å². The molecule has 1 aromatic carbocycles. The molecule has 24 heavy (non-hydrogen) atoms. The van der Waals surface area contributed by atoms with Crippen LogP contribution in [-0.4, -0.2) is 28.7 Å². The molecule has 0 bridgehead atoms. The van der Waals surface area contributed by atoms with Gasteiger partial charge in [-0.2, -0.15) is 0 Å². The van der Waals surface area contributed by atoms with E-state index in [9.17, 15) is 0 Å². The SMILES string of the molecule is CCCn1cnc2c1c1ncn(CCC)c1c1ncn(CCC)c21. The lowest BCUT2D eigenvalue weighted by Crippen LogP contribution is -1.99. The number of hydrogen-bond acceptors (Lipinski definition) is 3. The number of fused-ring (bicyclic) bond motifs is 6. The standard InChI is InChI=1S/C18H24N6/c1-4-7-22-10-19-13-16(22)14-18(23(8-5-2)11-20-14)15-17(13)24(9-6-3)12-21-15/h10-12H,4-9H2,1-3H3. The minimum atomic E-state index is 0.958. The largest absolute Gasteiger partial charge is 0.329 e. The first-order valence-electron chi connectivity index (χ1n) is 8.96. The highest BCUT2D eigenvalue weighted by atomic mass is 15.1. The van der Waals surface area contributed by atoms with Crippen molar-refractivity contribution in [3.63, 3.8) is 0 Å². The molecule has 0 atom stereocenters. The molecule has 0 saturated carbocycles. The lowest BCUT2D eigenvalue weighted by atomic mass is 10.2. The van der Waals surface area contributed by atoms with Crippen LogP contribution in [0.25, 0.3) is 33.1 Å². The van der Waals surface area contributed by atoms with Crippen molar-refractivity contribution in [2.45, 2.75) is 59.7 Å². The lowest BCUT2D eigenvalue weighted by molar-refractivity contribution is 0.697. The van der Waals surface area contributed by atoms with Gasteiger partial charge in [-0.1, -0.05) is 20.8 Å². The molecule has 6 nitrogen and oxygen atoms in total. The van der Waals surface area contributed by atoms with Crippen LogP contribution in [0.3, 0.4) is 0 Å². The molecule has 0 unspecified atom stereocenters. The van der Waals surface area contributed by atoms with Gasteiger partial charge in [-0.3, -0.25) is 0 Å². The molecular weight excluding hydrogens is 300 g/mol. The molecule has 0 aliphatic heterocycles. The van der Waals surface area contributed by atoms with Crippen LogP contribution in [-0.2, 0) is 19.6 Å². The van der Waals surface area contributed by atoms with Crippen molar-refractivity contribution in [3.05, 3.63) is 19.0 Å². The van der Waals surface area contributed by atoms with Gasteiger partial charge in [-0.05, 0) is 19.3 Å². The minimum absolute atomic E-state index is 0.958. The van der Waals surface area contributed by atoms with E-state index in [1.54, 1.807) is 0 Å². The Morgan fingerprint density at radius 3 is 1.12 bits per heavy atom. The van der Waals surface area contributed by atoms with E-state index >= 15 is 0 Å². The average molecular weight is 324 g/mol. The van der Waals surface area contributed by atoms with Crippen LogP contribution in [0.2, 0.25) is 0 Å². The van der Waals surface area contributed by atoms with Crippen molar-refractivity contribution in [2.75, 3.05) is 0 Å². The van der Waals surface area contributed by atoms with E-state index < -0.39 is 0 Å². The highest BCUT2D eigenvalue weighted by Crippen LogP contribution is 2.33. The highest BCUT2D eigenvalue weighted by Gasteiger charge is 2.20. The second-order valence-electron chi connectivity index (χ2n) is 6.41. The van der Waals surface area contributed by atoms with Crippen LogP contribution in [0, 0.1) is 0 Å². The smallest absolute Gasteiger partial charge is 0.117 e. The molecule has 3 heterocycles. The predicted octanol–water partition coefficient (Wildman–Crippen LogP) is 3.97. The van der Waals surface area contributed by atoms with Gasteiger partial charge in [0.2, 0.25) is 0 Å². The number of benzene rings is 1. The van der Waals surface area contributed by atoms with Gasteiger partial charge in [-0.25, -0.2) is 15.0 Å². The van der Waals surface area contributed by atoms with Crippen molar-refractivity contribution < 1.29 is 0 Å². The Kier molecular flexibility index (Phi) is 3.75. The summed E-state index contributed by atoms with van der Waals surface area (Å²) in [5, 5.41) is 0. The summed E-state index contributed by atoms with van der Waals surface area (Å²) in [6.07, 6.45) is 9.10. The molecule has 126 valence electrons. The molecule has 0 spiro atoms. The average Bonchev–Trinajstić information content (AvgIpc) is 3.26. The van der Waals surface area contributed by atoms with Gasteiger partial charge in [0, 0.05) is 19.6 Å². The topological polar surface area (TPSA) is 53.5 Å². The Balaban J connectivity index is 2.17. The number of hydrogen-bond donors (Lipinski definition) is 0. The Labute approximate surface area is 141 Å². The zero-order valence-electron chi connectivity index (χ0n) is 14.7. The van der Waals surface area contributed by atoms with Crippen molar-refractivity contribution >= 4 is 33.1 Å². The summed E-state index contributed by atoms with van der Waals surface area (Å²) in [6.45, 7) is 9.45. The molecule has 0 amide bonds. The molecule has 0 aliphatic rings. The molecule has 0 radical (unpaired) electrons. The second kappa shape index (κ2) is 5.92. The first kappa shape index (κ1) is 15.2. The van der Waals surface area contributed by atoms with Crippen LogP contribution in [0.1, 0.15) is 40.0 Å². The van der Waals surface area contributed by atoms with Gasteiger partial charge in [0.15, 0.2) is 0 Å². The van der Waals surface area contributed by atoms with Crippen LogP contribution >= 0.6 is 0 Å². The van der Waals surface area contributed by atoms with Crippen molar-refractivity contribution in [1.82, 2.24) is 28.7 Å². The fraction of sp³-hybridized carbons (Fsp3) is 0.500. The van der Waals surface area contributed by atoms with Gasteiger partial charge in [-0.15, -0.1) is 0 Å². The van der Waals surface area contributed by atoms with Gasteiger partial charge >= 0.3 is 0 Å². The van der Waals surface area contributed by atoms with Crippen LogP contribution in [0.5, 0.6) is 0 Å². The maximum atomic E-state index is 4.74. The Morgan fingerprint density at radius 1 is 0.583 bits per heavy atom. The summed E-state index contributed by atoms with van der Waals surface area (Å²) >= 11 is 0. The number of imidazole rings is 3. The van der Waals surface area contributed by atoms with Gasteiger partial charge < -0.3 is 13.7 Å². The molecular formula is C18H24N6. The molecule has 0 saturated heterocycles. The number of aromatic nitrogens is 6. The third-order valence-electron chi connectivity index (χ3n) is 4.58. The quantitative estimate of drug-likeness (QED) is 0.539. The third kappa shape index (κ3) is 2.05. The maximum Gasteiger partial charge on any atom is 0.117 e. The van der Waals surface area contributed by atoms with Gasteiger partial charge in [0.25, 0.3) is 0 Å². The van der Waals surface area contributed by atoms with Crippen molar-refractivity contribution in [1.29, 1.82) is 0 Å². The zero-order chi connectivity index (χ0) is 16.7. The van der Waals surface area contributed by atoms with E-state index in [4.69, 9.17) is 15.0 Å². The van der Waals surface area contributed by atoms with Crippen LogP contribution in [0.4, 0.5) is 0 Å². The Bertz CT molecular complexity index is 843. The molecule has 4 aromatic rings. The normalized spacial score (nSPS) is 12.1. The number of rotatable bonds is 6.